The summed E-state index contributed by atoms with van der Waals surface area (Å²) in [4.78, 5) is 22.7. The number of aliphatic hydroxyl groups is 1. The van der Waals surface area contributed by atoms with Crippen LogP contribution in [-0.4, -0.2) is 47.8 Å². The predicted molar refractivity (Wildman–Crippen MR) is 217 cm³/mol. The molecule has 0 spiro atoms. The fourth-order valence-corrected chi connectivity index (χ4v) is 6.78. The molecule has 0 aliphatic heterocycles. The first-order valence-corrected chi connectivity index (χ1v) is 22.6. The fraction of sp³-hybridized carbons (Fsp3) is 0.833. The van der Waals surface area contributed by atoms with Crippen LogP contribution in [0.1, 0.15) is 194 Å². The number of hydrogen-bond donors (Lipinski definition) is 4. The minimum Gasteiger partial charge on any atom is -0.391 e. The summed E-state index contributed by atoms with van der Waals surface area (Å²) in [6.45, 7) is 4.16. The van der Waals surface area contributed by atoms with E-state index >= 15 is 0 Å². The lowest BCUT2D eigenvalue weighted by molar-refractivity contribution is -0.123. The highest BCUT2D eigenvalue weighted by Crippen LogP contribution is 2.43. The van der Waals surface area contributed by atoms with Crippen molar-refractivity contribution in [3.63, 3.8) is 0 Å². The van der Waals surface area contributed by atoms with E-state index in [1.165, 1.54) is 103 Å². The van der Waals surface area contributed by atoms with Gasteiger partial charge in [0, 0.05) is 13.0 Å². The molecule has 0 saturated heterocycles. The van der Waals surface area contributed by atoms with Gasteiger partial charge in [0.2, 0.25) is 5.91 Å². The summed E-state index contributed by atoms with van der Waals surface area (Å²) in [7, 11) is -4.32. The van der Waals surface area contributed by atoms with Crippen molar-refractivity contribution in [2.75, 3.05) is 19.8 Å². The standard InChI is InChI=1S/C42H81N2O6P/c1-3-5-7-9-11-13-15-17-18-19-20-21-22-24-26-28-30-32-34-36-42(46)44-40(39-50-51(47,48)49-38-37-43)41(45)35-33-31-29-27-25-23-16-14-12-10-8-6-4-2/h11,13,17-18,20-21,40-41,45H,3-10,12,14-16,19,22-39,43H2,1-2H3,(H,44,46)(H,47,48)/b13-11-,18-17-,21-20-. The first kappa shape index (κ1) is 49.7. The average molecular weight is 741 g/mol. The number of carbonyl (C=O) groups is 1. The van der Waals surface area contributed by atoms with E-state index in [1.54, 1.807) is 0 Å². The monoisotopic (exact) mass is 741 g/mol. The maximum absolute atomic E-state index is 12.8. The van der Waals surface area contributed by atoms with Crippen LogP contribution in [0.5, 0.6) is 0 Å². The Morgan fingerprint density at radius 2 is 1.08 bits per heavy atom. The highest BCUT2D eigenvalue weighted by Gasteiger charge is 2.27. The van der Waals surface area contributed by atoms with Crippen LogP contribution in [0.2, 0.25) is 0 Å². The number of hydrogen-bond acceptors (Lipinski definition) is 6. The van der Waals surface area contributed by atoms with E-state index in [1.807, 2.05) is 0 Å². The van der Waals surface area contributed by atoms with Crippen molar-refractivity contribution in [1.82, 2.24) is 5.32 Å². The molecule has 0 aliphatic rings. The van der Waals surface area contributed by atoms with E-state index in [0.717, 1.165) is 64.2 Å². The average Bonchev–Trinajstić information content (AvgIpc) is 3.12. The smallest absolute Gasteiger partial charge is 0.391 e. The van der Waals surface area contributed by atoms with Crippen molar-refractivity contribution < 1.29 is 28.4 Å². The molecule has 0 aromatic heterocycles. The van der Waals surface area contributed by atoms with E-state index in [9.17, 15) is 19.4 Å². The van der Waals surface area contributed by atoms with Gasteiger partial charge in [-0.3, -0.25) is 13.8 Å². The maximum Gasteiger partial charge on any atom is 0.472 e. The van der Waals surface area contributed by atoms with Gasteiger partial charge in [-0.2, -0.15) is 0 Å². The maximum atomic E-state index is 12.8. The van der Waals surface area contributed by atoms with Crippen molar-refractivity contribution in [2.45, 2.75) is 206 Å². The summed E-state index contributed by atoms with van der Waals surface area (Å²) in [5.41, 5.74) is 5.37. The van der Waals surface area contributed by atoms with Crippen LogP contribution in [-0.2, 0) is 18.4 Å². The Labute approximate surface area is 314 Å². The van der Waals surface area contributed by atoms with E-state index in [-0.39, 0.29) is 25.7 Å². The second-order valence-corrected chi connectivity index (χ2v) is 15.7. The van der Waals surface area contributed by atoms with Gasteiger partial charge in [-0.25, -0.2) is 4.57 Å². The van der Waals surface area contributed by atoms with Crippen LogP contribution in [0.4, 0.5) is 0 Å². The first-order chi connectivity index (χ1) is 24.9. The molecule has 0 aromatic carbocycles. The van der Waals surface area contributed by atoms with Crippen molar-refractivity contribution in [2.24, 2.45) is 5.73 Å². The number of rotatable bonds is 39. The van der Waals surface area contributed by atoms with E-state index in [4.69, 9.17) is 14.8 Å². The molecular weight excluding hydrogens is 659 g/mol. The summed E-state index contributed by atoms with van der Waals surface area (Å²) in [5.74, 6) is -0.175. The van der Waals surface area contributed by atoms with Gasteiger partial charge in [0.1, 0.15) is 0 Å². The van der Waals surface area contributed by atoms with Crippen molar-refractivity contribution in [3.8, 4) is 0 Å². The van der Waals surface area contributed by atoms with Gasteiger partial charge in [-0.05, 0) is 51.4 Å². The lowest BCUT2D eigenvalue weighted by Crippen LogP contribution is -2.46. The van der Waals surface area contributed by atoms with Gasteiger partial charge < -0.3 is 21.1 Å². The minimum atomic E-state index is -4.32. The molecule has 300 valence electrons. The molecule has 9 heteroatoms. The van der Waals surface area contributed by atoms with Gasteiger partial charge in [-0.1, -0.05) is 172 Å². The van der Waals surface area contributed by atoms with Crippen molar-refractivity contribution in [3.05, 3.63) is 36.5 Å². The third kappa shape index (κ3) is 36.9. The summed E-state index contributed by atoms with van der Waals surface area (Å²) in [6.07, 6.45) is 44.3. The molecule has 3 unspecified atom stereocenters. The fourth-order valence-electron chi connectivity index (χ4n) is 6.02. The molecule has 0 heterocycles. The molecule has 1 amide bonds. The number of phosphoric acid groups is 1. The normalized spacial score (nSPS) is 14.5. The molecular formula is C42H81N2O6P. The molecule has 0 saturated carbocycles. The second kappa shape index (κ2) is 38.4. The number of nitrogens with two attached hydrogens (primary N) is 1. The zero-order valence-corrected chi connectivity index (χ0v) is 34.0. The Morgan fingerprint density at radius 3 is 1.61 bits per heavy atom. The molecule has 51 heavy (non-hydrogen) atoms. The van der Waals surface area contributed by atoms with E-state index < -0.39 is 20.0 Å². The molecule has 3 atom stereocenters. The zero-order chi connectivity index (χ0) is 37.5. The number of aliphatic hydroxyl groups excluding tert-OH is 1. The summed E-state index contributed by atoms with van der Waals surface area (Å²) in [5, 5.41) is 13.8. The lowest BCUT2D eigenvalue weighted by atomic mass is 10.0. The molecule has 0 bridgehead atoms. The lowest BCUT2D eigenvalue weighted by Gasteiger charge is -2.25. The van der Waals surface area contributed by atoms with E-state index in [0.29, 0.717) is 12.8 Å². The largest absolute Gasteiger partial charge is 0.472 e. The zero-order valence-electron chi connectivity index (χ0n) is 33.1. The number of allylic oxidation sites excluding steroid dienone is 6. The Kier molecular flexibility index (Phi) is 37.5. The first-order valence-electron chi connectivity index (χ1n) is 21.1. The Balaban J connectivity index is 4.20. The summed E-state index contributed by atoms with van der Waals surface area (Å²) in [6, 6.07) is -0.780. The van der Waals surface area contributed by atoms with Crippen LogP contribution in [0.3, 0.4) is 0 Å². The Morgan fingerprint density at radius 1 is 0.647 bits per heavy atom. The third-order valence-electron chi connectivity index (χ3n) is 9.25. The van der Waals surface area contributed by atoms with Gasteiger partial charge in [-0.15, -0.1) is 0 Å². The molecule has 0 fully saturated rings. The van der Waals surface area contributed by atoms with E-state index in [2.05, 4.69) is 55.6 Å². The summed E-state index contributed by atoms with van der Waals surface area (Å²) < 4.78 is 22.1. The highest BCUT2D eigenvalue weighted by molar-refractivity contribution is 7.47. The number of amides is 1. The Hall–Kier alpha value is -1.28. The molecule has 0 aromatic rings. The quantitative estimate of drug-likeness (QED) is 0.0280. The molecule has 8 nitrogen and oxygen atoms in total. The van der Waals surface area contributed by atoms with Crippen LogP contribution in [0.15, 0.2) is 36.5 Å². The van der Waals surface area contributed by atoms with Crippen LogP contribution >= 0.6 is 7.82 Å². The molecule has 5 N–H and O–H groups in total. The molecule has 0 aliphatic carbocycles. The van der Waals surface area contributed by atoms with Crippen molar-refractivity contribution >= 4 is 13.7 Å². The van der Waals surface area contributed by atoms with Gasteiger partial charge in [0.25, 0.3) is 0 Å². The van der Waals surface area contributed by atoms with Gasteiger partial charge in [0.15, 0.2) is 0 Å². The Bertz CT molecular complexity index is 897. The predicted octanol–water partition coefficient (Wildman–Crippen LogP) is 11.6. The SMILES string of the molecule is CCCCC/C=C\C/C=C\C/C=C\CCCCCCCCC(=O)NC(COP(=O)(O)OCCN)C(O)CCCCCCCCCCCCCCC. The third-order valence-corrected chi connectivity index (χ3v) is 10.2. The number of carbonyl (C=O) groups excluding carboxylic acids is 1. The van der Waals surface area contributed by atoms with Crippen LogP contribution in [0.25, 0.3) is 0 Å². The van der Waals surface area contributed by atoms with Crippen LogP contribution < -0.4 is 11.1 Å². The number of nitrogens with one attached hydrogen (secondary N) is 1. The second-order valence-electron chi connectivity index (χ2n) is 14.2. The summed E-state index contributed by atoms with van der Waals surface area (Å²) >= 11 is 0. The van der Waals surface area contributed by atoms with Gasteiger partial charge in [0.05, 0.1) is 25.4 Å². The highest BCUT2D eigenvalue weighted by atomic mass is 31.2. The van der Waals surface area contributed by atoms with Gasteiger partial charge >= 0.3 is 7.82 Å². The van der Waals surface area contributed by atoms with Crippen LogP contribution in [0, 0.1) is 0 Å². The number of phosphoric ester groups is 1. The topological polar surface area (TPSA) is 131 Å². The number of unbranched alkanes of at least 4 members (excludes halogenated alkanes) is 21. The molecule has 0 radical (unpaired) electrons. The van der Waals surface area contributed by atoms with Crippen molar-refractivity contribution in [1.29, 1.82) is 0 Å². The minimum absolute atomic E-state index is 0.0857. The molecule has 0 rings (SSSR count).